The molecule has 1 aliphatic heterocycles. The van der Waals surface area contributed by atoms with E-state index in [0.29, 0.717) is 6.04 Å². The van der Waals surface area contributed by atoms with Crippen molar-refractivity contribution in [2.75, 3.05) is 33.7 Å². The fraction of sp³-hybridized carbons (Fsp3) is 1.00. The lowest BCUT2D eigenvalue weighted by Gasteiger charge is -2.39. The van der Waals surface area contributed by atoms with Crippen LogP contribution in [0.5, 0.6) is 0 Å². The SMILES string of the molecule is CC1CCC(C(CN)N(C)CC2CCCN2C)CC1. The van der Waals surface area contributed by atoms with Crippen LogP contribution in [0.4, 0.5) is 0 Å². The molecule has 3 nitrogen and oxygen atoms in total. The zero-order valence-corrected chi connectivity index (χ0v) is 13.1. The molecule has 19 heavy (non-hydrogen) atoms. The highest BCUT2D eigenvalue weighted by atomic mass is 15.2. The van der Waals surface area contributed by atoms with E-state index in [1.54, 1.807) is 0 Å². The van der Waals surface area contributed by atoms with Crippen molar-refractivity contribution in [3.8, 4) is 0 Å². The van der Waals surface area contributed by atoms with E-state index in [0.717, 1.165) is 24.4 Å². The van der Waals surface area contributed by atoms with E-state index in [1.165, 1.54) is 51.6 Å². The lowest BCUT2D eigenvalue weighted by molar-refractivity contribution is 0.111. The third-order valence-corrected chi connectivity index (χ3v) is 5.58. The smallest absolute Gasteiger partial charge is 0.0244 e. The predicted octanol–water partition coefficient (Wildman–Crippen LogP) is 2.17. The van der Waals surface area contributed by atoms with Gasteiger partial charge in [-0.05, 0) is 58.2 Å². The Morgan fingerprint density at radius 3 is 2.42 bits per heavy atom. The summed E-state index contributed by atoms with van der Waals surface area (Å²) in [6.07, 6.45) is 8.29. The standard InChI is InChI=1S/C16H33N3/c1-13-6-8-14(9-7-13)16(11-17)19(3)12-15-5-4-10-18(15)2/h13-16H,4-12,17H2,1-3H3. The quantitative estimate of drug-likeness (QED) is 0.828. The van der Waals surface area contributed by atoms with Crippen molar-refractivity contribution in [1.82, 2.24) is 9.80 Å². The van der Waals surface area contributed by atoms with Gasteiger partial charge in [0.1, 0.15) is 0 Å². The van der Waals surface area contributed by atoms with Crippen molar-refractivity contribution in [2.45, 2.75) is 57.5 Å². The molecule has 0 bridgehead atoms. The van der Waals surface area contributed by atoms with Crippen LogP contribution in [0.2, 0.25) is 0 Å². The van der Waals surface area contributed by atoms with Gasteiger partial charge in [0, 0.05) is 25.2 Å². The van der Waals surface area contributed by atoms with Gasteiger partial charge < -0.3 is 15.5 Å². The molecule has 0 spiro atoms. The van der Waals surface area contributed by atoms with Gasteiger partial charge in [-0.3, -0.25) is 0 Å². The topological polar surface area (TPSA) is 32.5 Å². The van der Waals surface area contributed by atoms with Gasteiger partial charge in [-0.15, -0.1) is 0 Å². The van der Waals surface area contributed by atoms with Crippen molar-refractivity contribution in [1.29, 1.82) is 0 Å². The Bertz CT molecular complexity index is 261. The van der Waals surface area contributed by atoms with Crippen LogP contribution in [-0.2, 0) is 0 Å². The minimum Gasteiger partial charge on any atom is -0.329 e. The van der Waals surface area contributed by atoms with Crippen molar-refractivity contribution < 1.29 is 0 Å². The van der Waals surface area contributed by atoms with E-state index in [4.69, 9.17) is 5.73 Å². The maximum atomic E-state index is 6.09. The summed E-state index contributed by atoms with van der Waals surface area (Å²) in [5.74, 6) is 1.76. The Kier molecular flexibility index (Phi) is 5.67. The summed E-state index contributed by atoms with van der Waals surface area (Å²) in [4.78, 5) is 5.08. The normalized spacial score (nSPS) is 34.9. The van der Waals surface area contributed by atoms with Crippen molar-refractivity contribution in [2.24, 2.45) is 17.6 Å². The number of nitrogens with zero attached hydrogens (tertiary/aromatic N) is 2. The summed E-state index contributed by atoms with van der Waals surface area (Å²) in [6.45, 7) is 5.69. The van der Waals surface area contributed by atoms with E-state index < -0.39 is 0 Å². The second-order valence-electron chi connectivity index (χ2n) is 7.04. The van der Waals surface area contributed by atoms with Crippen LogP contribution in [0.15, 0.2) is 0 Å². The monoisotopic (exact) mass is 267 g/mol. The highest BCUT2D eigenvalue weighted by molar-refractivity contribution is 4.86. The van der Waals surface area contributed by atoms with Gasteiger partial charge in [0.05, 0.1) is 0 Å². The summed E-state index contributed by atoms with van der Waals surface area (Å²) < 4.78 is 0. The minimum atomic E-state index is 0.599. The summed E-state index contributed by atoms with van der Waals surface area (Å²) >= 11 is 0. The van der Waals surface area contributed by atoms with Gasteiger partial charge >= 0.3 is 0 Å². The highest BCUT2D eigenvalue weighted by Crippen LogP contribution is 2.32. The summed E-state index contributed by atoms with van der Waals surface area (Å²) in [6, 6.07) is 1.35. The molecule has 2 atom stereocenters. The number of likely N-dealkylation sites (N-methyl/N-ethyl adjacent to an activating group) is 2. The van der Waals surface area contributed by atoms with E-state index in [1.807, 2.05) is 0 Å². The summed E-state index contributed by atoms with van der Waals surface area (Å²) in [5.41, 5.74) is 6.09. The molecule has 2 aliphatic rings. The molecule has 1 aliphatic carbocycles. The lowest BCUT2D eigenvalue weighted by Crippen LogP contribution is -2.48. The molecule has 1 saturated heterocycles. The van der Waals surface area contributed by atoms with Gasteiger partial charge in [-0.25, -0.2) is 0 Å². The van der Waals surface area contributed by atoms with E-state index in [2.05, 4.69) is 30.8 Å². The first-order valence-electron chi connectivity index (χ1n) is 8.22. The molecule has 0 amide bonds. The number of hydrogen-bond donors (Lipinski definition) is 1. The fourth-order valence-electron chi connectivity index (χ4n) is 4.08. The first kappa shape index (κ1) is 15.3. The Morgan fingerprint density at radius 2 is 1.89 bits per heavy atom. The van der Waals surface area contributed by atoms with Crippen molar-refractivity contribution >= 4 is 0 Å². The van der Waals surface area contributed by atoms with Crippen LogP contribution in [0, 0.1) is 11.8 Å². The molecular weight excluding hydrogens is 234 g/mol. The Morgan fingerprint density at radius 1 is 1.21 bits per heavy atom. The number of rotatable bonds is 5. The second-order valence-corrected chi connectivity index (χ2v) is 7.04. The molecule has 3 heteroatoms. The fourth-order valence-corrected chi connectivity index (χ4v) is 4.08. The molecule has 1 heterocycles. The van der Waals surface area contributed by atoms with E-state index >= 15 is 0 Å². The van der Waals surface area contributed by atoms with Crippen LogP contribution in [0.3, 0.4) is 0 Å². The van der Waals surface area contributed by atoms with E-state index in [-0.39, 0.29) is 0 Å². The molecule has 0 aromatic carbocycles. The summed E-state index contributed by atoms with van der Waals surface area (Å²) in [5, 5.41) is 0. The van der Waals surface area contributed by atoms with E-state index in [9.17, 15) is 0 Å². The molecule has 0 aromatic heterocycles. The first-order chi connectivity index (χ1) is 9.11. The first-order valence-corrected chi connectivity index (χ1v) is 8.22. The van der Waals surface area contributed by atoms with Gasteiger partial charge in [0.25, 0.3) is 0 Å². The van der Waals surface area contributed by atoms with Crippen molar-refractivity contribution in [3.63, 3.8) is 0 Å². The maximum Gasteiger partial charge on any atom is 0.0244 e. The summed E-state index contributed by atoms with van der Waals surface area (Å²) in [7, 11) is 4.56. The Labute approximate surface area is 119 Å². The minimum absolute atomic E-state index is 0.599. The number of hydrogen-bond acceptors (Lipinski definition) is 3. The highest BCUT2D eigenvalue weighted by Gasteiger charge is 2.30. The van der Waals surface area contributed by atoms with Gasteiger partial charge in [0.15, 0.2) is 0 Å². The lowest BCUT2D eigenvalue weighted by atomic mass is 9.78. The molecular formula is C16H33N3. The van der Waals surface area contributed by atoms with Crippen LogP contribution in [0.25, 0.3) is 0 Å². The van der Waals surface area contributed by atoms with Crippen LogP contribution < -0.4 is 5.73 Å². The second kappa shape index (κ2) is 7.05. The van der Waals surface area contributed by atoms with Gasteiger partial charge in [-0.1, -0.05) is 19.8 Å². The average molecular weight is 267 g/mol. The van der Waals surface area contributed by atoms with Crippen LogP contribution >= 0.6 is 0 Å². The molecule has 0 aromatic rings. The molecule has 112 valence electrons. The third kappa shape index (κ3) is 3.93. The predicted molar refractivity (Wildman–Crippen MR) is 82.2 cm³/mol. The molecule has 2 unspecified atom stereocenters. The van der Waals surface area contributed by atoms with Crippen LogP contribution in [-0.4, -0.2) is 55.6 Å². The zero-order valence-electron chi connectivity index (χ0n) is 13.1. The molecule has 2 rings (SSSR count). The molecule has 0 radical (unpaired) electrons. The van der Waals surface area contributed by atoms with Gasteiger partial charge in [0.2, 0.25) is 0 Å². The average Bonchev–Trinajstić information content (AvgIpc) is 2.78. The zero-order chi connectivity index (χ0) is 13.8. The molecule has 1 saturated carbocycles. The Balaban J connectivity index is 1.85. The van der Waals surface area contributed by atoms with Crippen LogP contribution in [0.1, 0.15) is 45.4 Å². The van der Waals surface area contributed by atoms with Gasteiger partial charge in [-0.2, -0.15) is 0 Å². The van der Waals surface area contributed by atoms with Crippen molar-refractivity contribution in [3.05, 3.63) is 0 Å². The number of nitrogens with two attached hydrogens (primary N) is 1. The third-order valence-electron chi connectivity index (χ3n) is 5.58. The molecule has 2 N–H and O–H groups in total. The Hall–Kier alpha value is -0.120. The number of likely N-dealkylation sites (tertiary alicyclic amines) is 1. The maximum absolute atomic E-state index is 6.09. The molecule has 2 fully saturated rings. The largest absolute Gasteiger partial charge is 0.329 e.